The molecular formula is C35H38N8O4. The number of aromatic nitrogens is 4. The minimum Gasteiger partial charge on any atom is -0.378 e. The van der Waals surface area contributed by atoms with E-state index in [-0.39, 0.29) is 11.5 Å². The van der Waals surface area contributed by atoms with Gasteiger partial charge in [0.15, 0.2) is 6.29 Å². The van der Waals surface area contributed by atoms with Crippen LogP contribution >= 0.6 is 0 Å². The van der Waals surface area contributed by atoms with Crippen LogP contribution in [0.1, 0.15) is 51.9 Å². The van der Waals surface area contributed by atoms with E-state index in [1.54, 1.807) is 36.5 Å². The molecule has 12 nitrogen and oxygen atoms in total. The highest BCUT2D eigenvalue weighted by Crippen LogP contribution is 2.36. The summed E-state index contributed by atoms with van der Waals surface area (Å²) in [7, 11) is 1.67. The summed E-state index contributed by atoms with van der Waals surface area (Å²) in [6.07, 6.45) is 9.08. The second kappa shape index (κ2) is 11.8. The molecule has 0 saturated carbocycles. The normalized spacial score (nSPS) is 19.8. The molecule has 1 amide bonds. The number of hydrogen-bond acceptors (Lipinski definition) is 9. The van der Waals surface area contributed by atoms with Gasteiger partial charge in [0.25, 0.3) is 11.5 Å². The summed E-state index contributed by atoms with van der Waals surface area (Å²) in [5.41, 5.74) is 5.55. The fourth-order valence-electron chi connectivity index (χ4n) is 7.50. The highest BCUT2D eigenvalue weighted by atomic mass is 16.5. The average Bonchev–Trinajstić information content (AvgIpc) is 3.58. The molecule has 4 aliphatic heterocycles. The van der Waals surface area contributed by atoms with Crippen LogP contribution in [0.25, 0.3) is 11.1 Å². The van der Waals surface area contributed by atoms with Crippen molar-refractivity contribution in [3.8, 4) is 11.1 Å². The van der Waals surface area contributed by atoms with Crippen LogP contribution < -0.4 is 20.7 Å². The molecule has 242 valence electrons. The number of anilines is 4. The Morgan fingerprint density at radius 3 is 2.64 bits per heavy atom. The molecule has 47 heavy (non-hydrogen) atoms. The number of nitrogens with one attached hydrogen (secondary N) is 1. The Morgan fingerprint density at radius 2 is 1.89 bits per heavy atom. The number of piperazine rings is 1. The number of aldehydes is 1. The number of nitrogens with zero attached hydrogens (tertiary/aromatic N) is 7. The molecule has 1 atom stereocenters. The summed E-state index contributed by atoms with van der Waals surface area (Å²) in [6, 6.07) is 10.3. The van der Waals surface area contributed by atoms with Crippen LogP contribution in [0.2, 0.25) is 0 Å². The maximum Gasteiger partial charge on any atom is 0.274 e. The summed E-state index contributed by atoms with van der Waals surface area (Å²) in [6.45, 7) is 8.04. The molecule has 4 aliphatic rings. The third-order valence-corrected chi connectivity index (χ3v) is 10.1. The second-order valence-electron chi connectivity index (χ2n) is 13.0. The van der Waals surface area contributed by atoms with E-state index in [1.807, 2.05) is 24.4 Å². The van der Waals surface area contributed by atoms with Gasteiger partial charge >= 0.3 is 0 Å². The Labute approximate surface area is 272 Å². The van der Waals surface area contributed by atoms with Crippen molar-refractivity contribution in [3.63, 3.8) is 0 Å². The van der Waals surface area contributed by atoms with Gasteiger partial charge in [0.1, 0.15) is 17.3 Å². The number of ether oxygens (including phenoxy) is 1. The summed E-state index contributed by atoms with van der Waals surface area (Å²) in [4.78, 5) is 55.0. The lowest BCUT2D eigenvalue weighted by molar-refractivity contribution is -0.0691. The first-order chi connectivity index (χ1) is 22.9. The predicted octanol–water partition coefficient (Wildman–Crippen LogP) is 3.61. The van der Waals surface area contributed by atoms with Crippen molar-refractivity contribution in [2.75, 3.05) is 48.0 Å². The quantitative estimate of drug-likeness (QED) is 0.304. The highest BCUT2D eigenvalue weighted by Gasteiger charge is 2.36. The number of fused-ring (bicyclic) bond motifs is 3. The van der Waals surface area contributed by atoms with Gasteiger partial charge in [-0.2, -0.15) is 0 Å². The van der Waals surface area contributed by atoms with Gasteiger partial charge in [-0.05, 0) is 62.1 Å². The summed E-state index contributed by atoms with van der Waals surface area (Å²) in [5.74, 6) is 0.720. The number of carbonyl (C=O) groups excluding carboxylic acids is 2. The molecule has 1 unspecified atom stereocenters. The van der Waals surface area contributed by atoms with E-state index in [0.29, 0.717) is 58.2 Å². The lowest BCUT2D eigenvalue weighted by atomic mass is 10.0. The standard InChI is InChI=1S/C35H38N8O4/c1-22-16-40(26-20-47-21-26)11-12-41(22)25-6-7-32(37-15-25)38-30-13-23(17-39(2)35(30)46)27-8-9-36-33(29(27)19-44)43-18-31-28(34(43)45)14-24-5-3-4-10-42(24)31/h6-9,13-15,17,19,22,26H,3-5,10-12,16,18,20-21H2,1-2H3,(H,37,38). The number of pyridine rings is 3. The smallest absolute Gasteiger partial charge is 0.274 e. The topological polar surface area (TPSA) is 118 Å². The lowest BCUT2D eigenvalue weighted by Gasteiger charge is -2.46. The molecule has 0 radical (unpaired) electrons. The van der Waals surface area contributed by atoms with E-state index < -0.39 is 0 Å². The van der Waals surface area contributed by atoms with Crippen molar-refractivity contribution in [3.05, 3.63) is 81.8 Å². The molecule has 0 spiro atoms. The first-order valence-corrected chi connectivity index (χ1v) is 16.4. The first-order valence-electron chi connectivity index (χ1n) is 16.4. The van der Waals surface area contributed by atoms with E-state index in [1.165, 1.54) is 10.3 Å². The molecule has 4 aromatic heterocycles. The molecular weight excluding hydrogens is 596 g/mol. The monoisotopic (exact) mass is 634 g/mol. The Kier molecular flexibility index (Phi) is 7.41. The van der Waals surface area contributed by atoms with Crippen LogP contribution in [0.3, 0.4) is 0 Å². The zero-order valence-electron chi connectivity index (χ0n) is 26.7. The largest absolute Gasteiger partial charge is 0.378 e. The predicted molar refractivity (Wildman–Crippen MR) is 179 cm³/mol. The molecule has 0 aliphatic carbocycles. The van der Waals surface area contributed by atoms with Gasteiger partial charge in [0.05, 0.1) is 54.5 Å². The van der Waals surface area contributed by atoms with Crippen molar-refractivity contribution in [1.29, 1.82) is 0 Å². The second-order valence-corrected chi connectivity index (χ2v) is 13.0. The summed E-state index contributed by atoms with van der Waals surface area (Å²) in [5, 5.41) is 3.20. The van der Waals surface area contributed by atoms with Crippen LogP contribution in [0, 0.1) is 0 Å². The van der Waals surface area contributed by atoms with Crippen LogP contribution in [0.5, 0.6) is 0 Å². The number of aryl methyl sites for hydroxylation is 2. The summed E-state index contributed by atoms with van der Waals surface area (Å²) < 4.78 is 9.11. The Bertz CT molecular complexity index is 1930. The number of hydrogen-bond donors (Lipinski definition) is 1. The van der Waals surface area contributed by atoms with Gasteiger partial charge in [-0.15, -0.1) is 0 Å². The number of amides is 1. The van der Waals surface area contributed by atoms with Crippen LogP contribution in [0.15, 0.2) is 53.7 Å². The average molecular weight is 635 g/mol. The van der Waals surface area contributed by atoms with Gasteiger partial charge in [-0.25, -0.2) is 9.97 Å². The van der Waals surface area contributed by atoms with Crippen LogP contribution in [-0.4, -0.2) is 81.1 Å². The molecule has 4 aromatic rings. The summed E-state index contributed by atoms with van der Waals surface area (Å²) >= 11 is 0. The van der Waals surface area contributed by atoms with E-state index in [0.717, 1.165) is 76.3 Å². The van der Waals surface area contributed by atoms with Crippen LogP contribution in [0.4, 0.5) is 23.0 Å². The number of carbonyl (C=O) groups is 2. The van der Waals surface area contributed by atoms with E-state index in [2.05, 4.69) is 36.6 Å². The van der Waals surface area contributed by atoms with Crippen molar-refractivity contribution in [2.24, 2.45) is 7.05 Å². The van der Waals surface area contributed by atoms with E-state index >= 15 is 0 Å². The minimum atomic E-state index is -0.231. The third-order valence-electron chi connectivity index (χ3n) is 10.1. The maximum absolute atomic E-state index is 13.6. The zero-order valence-corrected chi connectivity index (χ0v) is 26.7. The van der Waals surface area contributed by atoms with Crippen LogP contribution in [-0.2, 0) is 31.3 Å². The molecule has 8 heterocycles. The molecule has 1 N–H and O–H groups in total. The van der Waals surface area contributed by atoms with Crippen molar-refractivity contribution < 1.29 is 14.3 Å². The molecule has 12 heteroatoms. The highest BCUT2D eigenvalue weighted by molar-refractivity contribution is 6.12. The van der Waals surface area contributed by atoms with Gasteiger partial charge in [-0.1, -0.05) is 0 Å². The van der Waals surface area contributed by atoms with Gasteiger partial charge < -0.3 is 24.1 Å². The van der Waals surface area contributed by atoms with Gasteiger partial charge in [0, 0.05) is 62.9 Å². The Morgan fingerprint density at radius 1 is 1.02 bits per heavy atom. The van der Waals surface area contributed by atoms with Gasteiger partial charge in [0.2, 0.25) is 0 Å². The van der Waals surface area contributed by atoms with Crippen molar-refractivity contribution in [2.45, 2.75) is 51.4 Å². The van der Waals surface area contributed by atoms with Crippen molar-refractivity contribution in [1.82, 2.24) is 24.0 Å². The molecule has 0 aromatic carbocycles. The molecule has 8 rings (SSSR count). The molecule has 0 bridgehead atoms. The van der Waals surface area contributed by atoms with E-state index in [4.69, 9.17) is 4.74 Å². The zero-order chi connectivity index (χ0) is 32.2. The Hall–Kier alpha value is -4.81. The number of rotatable bonds is 7. The fraction of sp³-hybridized carbons (Fsp3) is 0.400. The van der Waals surface area contributed by atoms with E-state index in [9.17, 15) is 14.4 Å². The lowest BCUT2D eigenvalue weighted by Crippen LogP contribution is -2.59. The first kappa shape index (κ1) is 29.6. The molecule has 2 saturated heterocycles. The SMILES string of the molecule is CC1CN(C2COC2)CCN1c1ccc(Nc2cc(-c3ccnc(N4Cc5c(cc6n5CCCC6)C4=O)c3C=O)cn(C)c2=O)nc1. The fourth-order valence-corrected chi connectivity index (χ4v) is 7.50. The Balaban J connectivity index is 1.04. The molecule has 2 fully saturated rings. The maximum atomic E-state index is 13.6. The van der Waals surface area contributed by atoms with Gasteiger partial charge in [-0.3, -0.25) is 24.2 Å². The third kappa shape index (κ3) is 5.12. The van der Waals surface area contributed by atoms with Crippen molar-refractivity contribution >= 4 is 35.2 Å². The minimum absolute atomic E-state index is 0.142.